The molecule has 5 heteroatoms. The molecule has 0 aliphatic carbocycles. The number of hydrogen-bond donors (Lipinski definition) is 2. The van der Waals surface area contributed by atoms with Gasteiger partial charge in [0, 0.05) is 49.6 Å². The molecular weight excluding hydrogens is 314 g/mol. The van der Waals surface area contributed by atoms with Crippen LogP contribution in [0.3, 0.4) is 0 Å². The van der Waals surface area contributed by atoms with Gasteiger partial charge in [-0.25, -0.2) is 0 Å². The van der Waals surface area contributed by atoms with Crippen molar-refractivity contribution in [2.75, 3.05) is 26.2 Å². The minimum atomic E-state index is 0.0286. The molecular formula is C20H27N3O2. The first kappa shape index (κ1) is 16.6. The molecule has 1 aromatic carbocycles. The van der Waals surface area contributed by atoms with Crippen molar-refractivity contribution in [1.82, 2.24) is 15.2 Å². The number of aromatic amines is 1. The van der Waals surface area contributed by atoms with Gasteiger partial charge in [-0.15, -0.1) is 0 Å². The molecule has 2 aliphatic rings. The third kappa shape index (κ3) is 3.72. The Hall–Kier alpha value is -1.85. The number of benzene rings is 1. The topological polar surface area (TPSA) is 57.4 Å². The molecule has 2 aromatic rings. The van der Waals surface area contributed by atoms with Crippen molar-refractivity contribution in [3.63, 3.8) is 0 Å². The highest BCUT2D eigenvalue weighted by Gasteiger charge is 2.29. The molecule has 2 aliphatic heterocycles. The van der Waals surface area contributed by atoms with Crippen LogP contribution < -0.4 is 5.32 Å². The number of amides is 1. The lowest BCUT2D eigenvalue weighted by Crippen LogP contribution is -2.51. The van der Waals surface area contributed by atoms with E-state index in [2.05, 4.69) is 22.1 Å². The number of aromatic nitrogens is 1. The van der Waals surface area contributed by atoms with Gasteiger partial charge in [0.15, 0.2) is 0 Å². The summed E-state index contributed by atoms with van der Waals surface area (Å²) in [5.74, 6) is 0.481. The maximum atomic E-state index is 12.6. The highest BCUT2D eigenvalue weighted by atomic mass is 16.5. The minimum absolute atomic E-state index is 0.0286. The number of ether oxygens (including phenoxy) is 1. The summed E-state index contributed by atoms with van der Waals surface area (Å²) in [6.07, 6.45) is 5.69. The van der Waals surface area contributed by atoms with E-state index in [1.807, 2.05) is 30.5 Å². The van der Waals surface area contributed by atoms with E-state index in [1.165, 1.54) is 12.8 Å². The van der Waals surface area contributed by atoms with Crippen molar-refractivity contribution in [2.45, 2.75) is 38.3 Å². The van der Waals surface area contributed by atoms with Crippen LogP contribution in [0.25, 0.3) is 10.9 Å². The summed E-state index contributed by atoms with van der Waals surface area (Å²) in [6.45, 7) is 6.25. The second-order valence-electron chi connectivity index (χ2n) is 7.52. The van der Waals surface area contributed by atoms with Crippen LogP contribution in [0.1, 0.15) is 36.5 Å². The molecule has 3 atom stereocenters. The van der Waals surface area contributed by atoms with Crippen LogP contribution in [0, 0.1) is 5.92 Å². The fourth-order valence-corrected chi connectivity index (χ4v) is 4.13. The maximum absolute atomic E-state index is 12.6. The number of carbonyl (C=O) groups is 1. The Kier molecular flexibility index (Phi) is 4.77. The summed E-state index contributed by atoms with van der Waals surface area (Å²) >= 11 is 0. The van der Waals surface area contributed by atoms with Crippen molar-refractivity contribution in [3.05, 3.63) is 36.0 Å². The van der Waals surface area contributed by atoms with E-state index in [-0.39, 0.29) is 11.9 Å². The van der Waals surface area contributed by atoms with Gasteiger partial charge in [0.05, 0.1) is 6.10 Å². The van der Waals surface area contributed by atoms with E-state index < -0.39 is 0 Å². The first-order valence-corrected chi connectivity index (χ1v) is 9.41. The average Bonchev–Trinajstić information content (AvgIpc) is 3.27. The van der Waals surface area contributed by atoms with Crippen molar-refractivity contribution < 1.29 is 9.53 Å². The second-order valence-corrected chi connectivity index (χ2v) is 7.52. The Morgan fingerprint density at radius 2 is 2.28 bits per heavy atom. The third-order valence-electron chi connectivity index (χ3n) is 5.61. The van der Waals surface area contributed by atoms with Gasteiger partial charge < -0.3 is 19.9 Å². The average molecular weight is 341 g/mol. The molecule has 0 unspecified atom stereocenters. The van der Waals surface area contributed by atoms with E-state index in [0.29, 0.717) is 12.0 Å². The molecule has 0 spiro atoms. The maximum Gasteiger partial charge on any atom is 0.251 e. The van der Waals surface area contributed by atoms with Crippen molar-refractivity contribution in [3.8, 4) is 0 Å². The highest BCUT2D eigenvalue weighted by molar-refractivity contribution is 5.98. The predicted molar refractivity (Wildman–Crippen MR) is 98.7 cm³/mol. The molecule has 0 bridgehead atoms. The minimum Gasteiger partial charge on any atom is -0.377 e. The number of hydrogen-bond acceptors (Lipinski definition) is 3. The molecule has 1 aromatic heterocycles. The molecule has 4 rings (SSSR count). The predicted octanol–water partition coefficient (Wildman–Crippen LogP) is 2.79. The molecule has 1 amide bonds. The lowest BCUT2D eigenvalue weighted by Gasteiger charge is -2.38. The van der Waals surface area contributed by atoms with E-state index in [0.717, 1.165) is 49.1 Å². The van der Waals surface area contributed by atoms with Crippen molar-refractivity contribution in [2.24, 2.45) is 5.92 Å². The van der Waals surface area contributed by atoms with Crippen LogP contribution in [0.4, 0.5) is 0 Å². The second kappa shape index (κ2) is 7.18. The molecule has 5 nitrogen and oxygen atoms in total. The monoisotopic (exact) mass is 341 g/mol. The van der Waals surface area contributed by atoms with Crippen LogP contribution >= 0.6 is 0 Å². The number of H-pyrrole nitrogens is 1. The van der Waals surface area contributed by atoms with Crippen LogP contribution in [0.5, 0.6) is 0 Å². The number of nitrogens with zero attached hydrogens (tertiary/aromatic N) is 1. The van der Waals surface area contributed by atoms with Crippen LogP contribution in [0.15, 0.2) is 30.5 Å². The summed E-state index contributed by atoms with van der Waals surface area (Å²) in [7, 11) is 0. The zero-order valence-corrected chi connectivity index (χ0v) is 14.8. The lowest BCUT2D eigenvalue weighted by molar-refractivity contribution is 0.0498. The van der Waals surface area contributed by atoms with Gasteiger partial charge in [-0.1, -0.05) is 13.0 Å². The Labute approximate surface area is 148 Å². The van der Waals surface area contributed by atoms with Gasteiger partial charge in [-0.2, -0.15) is 0 Å². The molecule has 0 radical (unpaired) electrons. The molecule has 2 fully saturated rings. The first-order chi connectivity index (χ1) is 12.2. The summed E-state index contributed by atoms with van der Waals surface area (Å²) < 4.78 is 5.75. The van der Waals surface area contributed by atoms with E-state index in [9.17, 15) is 4.79 Å². The summed E-state index contributed by atoms with van der Waals surface area (Å²) in [5.41, 5.74) is 1.73. The van der Waals surface area contributed by atoms with E-state index in [1.54, 1.807) is 0 Å². The van der Waals surface area contributed by atoms with Gasteiger partial charge in [0.25, 0.3) is 5.91 Å². The Balaban J connectivity index is 1.33. The van der Waals surface area contributed by atoms with Crippen molar-refractivity contribution in [1.29, 1.82) is 0 Å². The third-order valence-corrected chi connectivity index (χ3v) is 5.61. The fourth-order valence-electron chi connectivity index (χ4n) is 4.13. The fraction of sp³-hybridized carbons (Fsp3) is 0.550. The Bertz CT molecular complexity index is 735. The zero-order valence-electron chi connectivity index (χ0n) is 14.8. The van der Waals surface area contributed by atoms with Gasteiger partial charge in [0.1, 0.15) is 0 Å². The van der Waals surface area contributed by atoms with Gasteiger partial charge in [0.2, 0.25) is 0 Å². The molecule has 0 saturated carbocycles. The number of piperidine rings is 1. The standard InChI is InChI=1S/C20H27N3O2/c1-14-12-23(13-17-3-2-10-25-17)9-7-18(14)22-20(24)16-5-4-15-6-8-21-19(15)11-16/h4-6,8,11,14,17-18,21H,2-3,7,9-10,12-13H2,1H3,(H,22,24)/t14-,17+,18-/m1/s1. The summed E-state index contributed by atoms with van der Waals surface area (Å²) in [5, 5.41) is 4.38. The molecule has 2 saturated heterocycles. The largest absolute Gasteiger partial charge is 0.377 e. The van der Waals surface area contributed by atoms with Gasteiger partial charge in [-0.3, -0.25) is 4.79 Å². The van der Waals surface area contributed by atoms with Crippen LogP contribution in [0.2, 0.25) is 0 Å². The Morgan fingerprint density at radius 1 is 1.36 bits per heavy atom. The number of likely N-dealkylation sites (tertiary alicyclic amines) is 1. The Morgan fingerprint density at radius 3 is 3.08 bits per heavy atom. The first-order valence-electron chi connectivity index (χ1n) is 9.41. The normalized spacial score (nSPS) is 27.6. The van der Waals surface area contributed by atoms with Crippen LogP contribution in [-0.4, -0.2) is 54.2 Å². The summed E-state index contributed by atoms with van der Waals surface area (Å²) in [4.78, 5) is 18.3. The quantitative estimate of drug-likeness (QED) is 0.899. The number of carbonyl (C=O) groups excluding carboxylic acids is 1. The molecule has 3 heterocycles. The van der Waals surface area contributed by atoms with E-state index >= 15 is 0 Å². The summed E-state index contributed by atoms with van der Waals surface area (Å²) in [6, 6.07) is 8.09. The zero-order chi connectivity index (χ0) is 17.2. The number of rotatable bonds is 4. The van der Waals surface area contributed by atoms with E-state index in [4.69, 9.17) is 4.74 Å². The van der Waals surface area contributed by atoms with Gasteiger partial charge in [-0.05, 0) is 48.8 Å². The number of fused-ring (bicyclic) bond motifs is 1. The molecule has 2 N–H and O–H groups in total. The molecule has 134 valence electrons. The number of nitrogens with one attached hydrogen (secondary N) is 2. The smallest absolute Gasteiger partial charge is 0.251 e. The highest BCUT2D eigenvalue weighted by Crippen LogP contribution is 2.21. The molecule has 25 heavy (non-hydrogen) atoms. The van der Waals surface area contributed by atoms with Gasteiger partial charge >= 0.3 is 0 Å². The van der Waals surface area contributed by atoms with Crippen LogP contribution in [-0.2, 0) is 4.74 Å². The lowest BCUT2D eigenvalue weighted by atomic mass is 9.93. The van der Waals surface area contributed by atoms with Crippen molar-refractivity contribution >= 4 is 16.8 Å². The SMILES string of the molecule is C[C@@H]1CN(C[C@@H]2CCCO2)CC[C@H]1NC(=O)c1ccc2cc[nH]c2c1.